The van der Waals surface area contributed by atoms with E-state index in [0.29, 0.717) is 0 Å². The number of halogens is 1. The van der Waals surface area contributed by atoms with Gasteiger partial charge in [-0.3, -0.25) is 0 Å². The van der Waals surface area contributed by atoms with E-state index in [0.717, 1.165) is 12.1 Å². The van der Waals surface area contributed by atoms with Gasteiger partial charge in [-0.2, -0.15) is 11.3 Å². The maximum absolute atomic E-state index is 10.2. The molecule has 0 aliphatic carbocycles. The van der Waals surface area contributed by atoms with Crippen LogP contribution in [0, 0.1) is 0 Å². The molecule has 1 heterocycles. The molecular formula is C14H18ClNOS. The highest BCUT2D eigenvalue weighted by atomic mass is 35.5. The zero-order valence-electron chi connectivity index (χ0n) is 10.2. The maximum atomic E-state index is 10.2. The van der Waals surface area contributed by atoms with Gasteiger partial charge in [-0.05, 0) is 34.9 Å². The third-order valence-corrected chi connectivity index (χ3v) is 3.56. The van der Waals surface area contributed by atoms with Crippen molar-refractivity contribution in [3.63, 3.8) is 0 Å². The first-order valence-corrected chi connectivity index (χ1v) is 6.69. The van der Waals surface area contributed by atoms with Crippen LogP contribution in [0.2, 0.25) is 0 Å². The largest absolute Gasteiger partial charge is 0.387 e. The smallest absolute Gasteiger partial charge is 0.0940 e. The summed E-state index contributed by atoms with van der Waals surface area (Å²) in [7, 11) is 0. The molecule has 0 bridgehead atoms. The molecule has 2 rings (SSSR count). The van der Waals surface area contributed by atoms with Crippen LogP contribution < -0.4 is 5.32 Å². The second-order valence-corrected chi connectivity index (χ2v) is 4.94. The summed E-state index contributed by atoms with van der Waals surface area (Å²) in [6, 6.07) is 11.9. The third-order valence-electron chi connectivity index (χ3n) is 2.82. The zero-order valence-corrected chi connectivity index (χ0v) is 11.9. The fourth-order valence-corrected chi connectivity index (χ4v) is 2.39. The molecule has 0 amide bonds. The molecule has 98 valence electrons. The number of hydrogen-bond donors (Lipinski definition) is 2. The molecule has 0 spiro atoms. The summed E-state index contributed by atoms with van der Waals surface area (Å²) in [6.07, 6.45) is -0.463. The van der Waals surface area contributed by atoms with E-state index in [4.69, 9.17) is 0 Å². The topological polar surface area (TPSA) is 32.3 Å². The van der Waals surface area contributed by atoms with Crippen LogP contribution >= 0.6 is 23.7 Å². The van der Waals surface area contributed by atoms with Gasteiger partial charge in [-0.1, -0.05) is 30.3 Å². The average molecular weight is 284 g/mol. The van der Waals surface area contributed by atoms with E-state index in [1.165, 1.54) is 5.56 Å². The Balaban J connectivity index is 0.00000162. The highest BCUT2D eigenvalue weighted by Crippen LogP contribution is 2.16. The number of aliphatic hydroxyl groups is 1. The van der Waals surface area contributed by atoms with Gasteiger partial charge >= 0.3 is 0 Å². The molecule has 0 radical (unpaired) electrons. The fourth-order valence-electron chi connectivity index (χ4n) is 1.72. The summed E-state index contributed by atoms with van der Waals surface area (Å²) >= 11 is 1.69. The fraction of sp³-hybridized carbons (Fsp3) is 0.286. The Kier molecular flexibility index (Phi) is 6.36. The number of thiophene rings is 1. The molecule has 0 saturated heterocycles. The molecule has 2 aromatic rings. The molecule has 1 aromatic carbocycles. The third kappa shape index (κ3) is 4.10. The quantitative estimate of drug-likeness (QED) is 0.882. The van der Waals surface area contributed by atoms with Gasteiger partial charge in [0.2, 0.25) is 0 Å². The van der Waals surface area contributed by atoms with Crippen molar-refractivity contribution < 1.29 is 5.11 Å². The highest BCUT2D eigenvalue weighted by molar-refractivity contribution is 7.07. The van der Waals surface area contributed by atoms with Crippen molar-refractivity contribution in [3.8, 4) is 0 Å². The molecule has 2 atom stereocenters. The molecule has 0 fully saturated rings. The minimum atomic E-state index is -0.463. The van der Waals surface area contributed by atoms with Gasteiger partial charge in [0.05, 0.1) is 6.10 Å². The highest BCUT2D eigenvalue weighted by Gasteiger charge is 2.15. The van der Waals surface area contributed by atoms with Crippen molar-refractivity contribution in [1.29, 1.82) is 0 Å². The van der Waals surface area contributed by atoms with Crippen molar-refractivity contribution in [2.24, 2.45) is 0 Å². The number of benzene rings is 1. The van der Waals surface area contributed by atoms with Crippen molar-refractivity contribution >= 4 is 23.7 Å². The first-order valence-electron chi connectivity index (χ1n) is 5.75. The lowest BCUT2D eigenvalue weighted by molar-refractivity contribution is 0.135. The molecule has 2 unspecified atom stereocenters. The Morgan fingerprint density at radius 3 is 2.56 bits per heavy atom. The number of hydrogen-bond acceptors (Lipinski definition) is 3. The van der Waals surface area contributed by atoms with Crippen molar-refractivity contribution in [2.75, 3.05) is 0 Å². The molecular weight excluding hydrogens is 266 g/mol. The van der Waals surface area contributed by atoms with Crippen LogP contribution in [-0.4, -0.2) is 11.1 Å². The number of rotatable bonds is 5. The molecule has 4 heteroatoms. The molecule has 0 aliphatic rings. The summed E-state index contributed by atoms with van der Waals surface area (Å²) in [5.41, 5.74) is 2.22. The summed E-state index contributed by atoms with van der Waals surface area (Å²) < 4.78 is 0. The van der Waals surface area contributed by atoms with Crippen LogP contribution in [0.25, 0.3) is 0 Å². The van der Waals surface area contributed by atoms with Crippen LogP contribution in [0.5, 0.6) is 0 Å². The van der Waals surface area contributed by atoms with Gasteiger partial charge in [-0.15, -0.1) is 12.4 Å². The van der Waals surface area contributed by atoms with Gasteiger partial charge < -0.3 is 10.4 Å². The molecule has 0 aliphatic heterocycles. The van der Waals surface area contributed by atoms with Gasteiger partial charge in [0.15, 0.2) is 0 Å². The number of aliphatic hydroxyl groups excluding tert-OH is 1. The van der Waals surface area contributed by atoms with Crippen LogP contribution in [-0.2, 0) is 6.54 Å². The number of nitrogens with one attached hydrogen (secondary N) is 1. The van der Waals surface area contributed by atoms with E-state index in [9.17, 15) is 5.11 Å². The van der Waals surface area contributed by atoms with E-state index in [2.05, 4.69) is 22.1 Å². The normalized spacial score (nSPS) is 13.7. The van der Waals surface area contributed by atoms with Crippen molar-refractivity contribution in [3.05, 3.63) is 58.3 Å². The summed E-state index contributed by atoms with van der Waals surface area (Å²) in [5, 5.41) is 17.7. The summed E-state index contributed by atoms with van der Waals surface area (Å²) in [4.78, 5) is 0. The van der Waals surface area contributed by atoms with Crippen LogP contribution in [0.4, 0.5) is 0 Å². The van der Waals surface area contributed by atoms with Crippen LogP contribution in [0.3, 0.4) is 0 Å². The molecule has 1 aromatic heterocycles. The summed E-state index contributed by atoms with van der Waals surface area (Å²) in [5.74, 6) is 0. The molecule has 18 heavy (non-hydrogen) atoms. The maximum Gasteiger partial charge on any atom is 0.0940 e. The Morgan fingerprint density at radius 1 is 1.22 bits per heavy atom. The summed E-state index contributed by atoms with van der Waals surface area (Å²) in [6.45, 7) is 2.80. The predicted molar refractivity (Wildman–Crippen MR) is 79.3 cm³/mol. The molecule has 0 saturated carbocycles. The monoisotopic (exact) mass is 283 g/mol. The lowest BCUT2D eigenvalue weighted by Crippen LogP contribution is -2.31. The Morgan fingerprint density at radius 2 is 1.94 bits per heavy atom. The molecule has 2 nitrogen and oxygen atoms in total. The van der Waals surface area contributed by atoms with Crippen LogP contribution in [0.1, 0.15) is 24.2 Å². The van der Waals surface area contributed by atoms with Crippen molar-refractivity contribution in [1.82, 2.24) is 5.32 Å². The first kappa shape index (κ1) is 15.2. The van der Waals surface area contributed by atoms with E-state index >= 15 is 0 Å². The van der Waals surface area contributed by atoms with E-state index < -0.39 is 6.10 Å². The second kappa shape index (κ2) is 7.54. The Hall–Kier alpha value is -0.870. The average Bonchev–Trinajstić information content (AvgIpc) is 2.89. The minimum absolute atomic E-state index is 0. The standard InChI is InChI=1S/C14H17NOS.ClH/c1-11(15-9-12-7-8-17-10-12)14(16)13-5-3-2-4-6-13;/h2-8,10-11,14-16H,9H2,1H3;1H. The van der Waals surface area contributed by atoms with E-state index in [1.54, 1.807) is 11.3 Å². The lowest BCUT2D eigenvalue weighted by atomic mass is 10.0. The second-order valence-electron chi connectivity index (χ2n) is 4.16. The first-order chi connectivity index (χ1) is 8.27. The predicted octanol–water partition coefficient (Wildman–Crippen LogP) is 3.38. The van der Waals surface area contributed by atoms with Gasteiger partial charge in [-0.25, -0.2) is 0 Å². The van der Waals surface area contributed by atoms with Gasteiger partial charge in [0.25, 0.3) is 0 Å². The minimum Gasteiger partial charge on any atom is -0.387 e. The zero-order chi connectivity index (χ0) is 12.1. The van der Waals surface area contributed by atoms with E-state index in [1.807, 2.05) is 37.3 Å². The lowest BCUT2D eigenvalue weighted by Gasteiger charge is -2.20. The van der Waals surface area contributed by atoms with Crippen LogP contribution in [0.15, 0.2) is 47.2 Å². The molecule has 2 N–H and O–H groups in total. The van der Waals surface area contributed by atoms with E-state index in [-0.39, 0.29) is 18.4 Å². The van der Waals surface area contributed by atoms with Gasteiger partial charge in [0, 0.05) is 12.6 Å². The SMILES string of the molecule is CC(NCc1ccsc1)C(O)c1ccccc1.Cl. The van der Waals surface area contributed by atoms with Gasteiger partial charge in [0.1, 0.15) is 0 Å². The Bertz CT molecular complexity index is 432. The Labute approximate surface area is 118 Å². The van der Waals surface area contributed by atoms with Crippen molar-refractivity contribution in [2.45, 2.75) is 25.6 Å².